The Morgan fingerprint density at radius 2 is 2.36 bits per heavy atom. The first-order chi connectivity index (χ1) is 5.02. The van der Waals surface area contributed by atoms with Crippen molar-refractivity contribution in [2.24, 2.45) is 0 Å². The van der Waals surface area contributed by atoms with E-state index >= 15 is 0 Å². The van der Waals surface area contributed by atoms with Gasteiger partial charge in [-0.1, -0.05) is 6.58 Å². The third-order valence-electron chi connectivity index (χ3n) is 1.43. The van der Waals surface area contributed by atoms with Gasteiger partial charge in [-0.05, 0) is 19.9 Å². The SMILES string of the molecule is C=CC(=O)NCC(C)(C)O[SiH3]. The Morgan fingerprint density at radius 3 is 2.73 bits per heavy atom. The van der Waals surface area contributed by atoms with Gasteiger partial charge in [0.25, 0.3) is 0 Å². The fraction of sp³-hybridized carbons (Fsp3) is 0.571. The fourth-order valence-corrected chi connectivity index (χ4v) is 0.589. The molecule has 4 heteroatoms. The number of carbonyl (C=O) groups is 1. The molecule has 0 heterocycles. The van der Waals surface area contributed by atoms with Crippen molar-refractivity contribution in [1.29, 1.82) is 0 Å². The third-order valence-corrected chi connectivity index (χ3v) is 2.53. The van der Waals surface area contributed by atoms with Crippen LogP contribution in [0.25, 0.3) is 0 Å². The first-order valence-electron chi connectivity index (χ1n) is 3.47. The predicted octanol–water partition coefficient (Wildman–Crippen LogP) is -0.636. The molecule has 0 aromatic carbocycles. The molecule has 64 valence electrons. The molecule has 0 aromatic rings. The predicted molar refractivity (Wildman–Crippen MR) is 48.3 cm³/mol. The Kier molecular flexibility index (Phi) is 4.06. The summed E-state index contributed by atoms with van der Waals surface area (Å²) in [5.74, 6) is -0.156. The molecule has 0 saturated heterocycles. The van der Waals surface area contributed by atoms with Crippen molar-refractivity contribution in [2.45, 2.75) is 19.4 Å². The quantitative estimate of drug-likeness (QED) is 0.454. The number of carbonyl (C=O) groups excluding carboxylic acids is 1. The molecule has 0 saturated carbocycles. The van der Waals surface area contributed by atoms with Gasteiger partial charge in [0.15, 0.2) is 0 Å². The molecule has 0 spiro atoms. The maximum atomic E-state index is 10.7. The average molecular weight is 173 g/mol. The standard InChI is InChI=1S/C7H15NO2Si/c1-4-6(9)8-5-7(2,3)10-11/h4H,1,5H2,2-3,11H3,(H,8,9). The van der Waals surface area contributed by atoms with Crippen LogP contribution in [0, 0.1) is 0 Å². The largest absolute Gasteiger partial charge is 0.421 e. The summed E-state index contributed by atoms with van der Waals surface area (Å²) in [4.78, 5) is 10.7. The number of nitrogens with one attached hydrogen (secondary N) is 1. The van der Waals surface area contributed by atoms with Crippen LogP contribution in [0.1, 0.15) is 13.8 Å². The highest BCUT2D eigenvalue weighted by molar-refractivity contribution is 5.98. The molecule has 0 atom stereocenters. The van der Waals surface area contributed by atoms with E-state index in [2.05, 4.69) is 11.9 Å². The summed E-state index contributed by atoms with van der Waals surface area (Å²) in [7, 11) is 0.682. The molecule has 0 aliphatic heterocycles. The molecule has 0 bridgehead atoms. The summed E-state index contributed by atoms with van der Waals surface area (Å²) in [6.07, 6.45) is 1.25. The van der Waals surface area contributed by atoms with Gasteiger partial charge in [-0.3, -0.25) is 4.79 Å². The first kappa shape index (κ1) is 10.4. The van der Waals surface area contributed by atoms with E-state index in [0.29, 0.717) is 17.0 Å². The Balaban J connectivity index is 3.69. The van der Waals surface area contributed by atoms with Crippen LogP contribution in [0.2, 0.25) is 0 Å². The molecule has 1 N–H and O–H groups in total. The van der Waals surface area contributed by atoms with E-state index in [-0.39, 0.29) is 11.5 Å². The van der Waals surface area contributed by atoms with Crippen LogP contribution in [0.3, 0.4) is 0 Å². The molecule has 0 aliphatic carbocycles. The van der Waals surface area contributed by atoms with Crippen LogP contribution >= 0.6 is 0 Å². The molecule has 0 radical (unpaired) electrons. The highest BCUT2D eigenvalue weighted by atomic mass is 28.2. The van der Waals surface area contributed by atoms with Crippen molar-refractivity contribution in [1.82, 2.24) is 5.32 Å². The number of rotatable bonds is 4. The van der Waals surface area contributed by atoms with Crippen LogP contribution in [0.4, 0.5) is 0 Å². The van der Waals surface area contributed by atoms with E-state index in [9.17, 15) is 4.79 Å². The summed E-state index contributed by atoms with van der Waals surface area (Å²) < 4.78 is 5.22. The smallest absolute Gasteiger partial charge is 0.243 e. The van der Waals surface area contributed by atoms with Crippen LogP contribution in [0.15, 0.2) is 12.7 Å². The summed E-state index contributed by atoms with van der Waals surface area (Å²) >= 11 is 0. The van der Waals surface area contributed by atoms with Crippen molar-refractivity contribution in [3.63, 3.8) is 0 Å². The van der Waals surface area contributed by atoms with Gasteiger partial charge in [0.05, 0.1) is 5.60 Å². The zero-order chi connectivity index (χ0) is 8.91. The highest BCUT2D eigenvalue weighted by Gasteiger charge is 2.15. The van der Waals surface area contributed by atoms with Crippen LogP contribution in [0.5, 0.6) is 0 Å². The van der Waals surface area contributed by atoms with Gasteiger partial charge in [0.1, 0.15) is 10.5 Å². The first-order valence-corrected chi connectivity index (χ1v) is 4.29. The molecule has 0 rings (SSSR count). The minimum atomic E-state index is -0.245. The lowest BCUT2D eigenvalue weighted by Crippen LogP contribution is -2.39. The van der Waals surface area contributed by atoms with Gasteiger partial charge in [-0.25, -0.2) is 0 Å². The molecule has 11 heavy (non-hydrogen) atoms. The maximum absolute atomic E-state index is 10.7. The monoisotopic (exact) mass is 173 g/mol. The molecule has 0 aromatic heterocycles. The number of hydrogen-bond acceptors (Lipinski definition) is 2. The van der Waals surface area contributed by atoms with Crippen molar-refractivity contribution in [3.05, 3.63) is 12.7 Å². The summed E-state index contributed by atoms with van der Waals surface area (Å²) in [6.45, 7) is 7.74. The van der Waals surface area contributed by atoms with Crippen molar-refractivity contribution >= 4 is 16.4 Å². The molecule has 0 aliphatic rings. The number of amides is 1. The molecule has 1 amide bonds. The van der Waals surface area contributed by atoms with Gasteiger partial charge in [0, 0.05) is 6.54 Å². The average Bonchev–Trinajstić information content (AvgIpc) is 2.00. The second-order valence-corrected chi connectivity index (χ2v) is 3.29. The Labute approximate surface area is 70.4 Å². The van der Waals surface area contributed by atoms with E-state index in [4.69, 9.17) is 4.43 Å². The van der Waals surface area contributed by atoms with E-state index < -0.39 is 0 Å². The zero-order valence-corrected chi connectivity index (χ0v) is 9.31. The molecular weight excluding hydrogens is 158 g/mol. The topological polar surface area (TPSA) is 38.3 Å². The van der Waals surface area contributed by atoms with E-state index in [1.807, 2.05) is 13.8 Å². The third kappa shape index (κ3) is 4.75. The fourth-order valence-electron chi connectivity index (χ4n) is 0.444. The molecule has 0 fully saturated rings. The van der Waals surface area contributed by atoms with Crippen molar-refractivity contribution in [3.8, 4) is 0 Å². The van der Waals surface area contributed by atoms with Gasteiger partial charge in [-0.2, -0.15) is 0 Å². The number of hydrogen-bond donors (Lipinski definition) is 1. The van der Waals surface area contributed by atoms with E-state index in [1.54, 1.807) is 0 Å². The lowest BCUT2D eigenvalue weighted by Gasteiger charge is -2.23. The Morgan fingerprint density at radius 1 is 1.82 bits per heavy atom. The van der Waals surface area contributed by atoms with Gasteiger partial charge in [0.2, 0.25) is 5.91 Å². The second-order valence-electron chi connectivity index (χ2n) is 2.89. The van der Waals surface area contributed by atoms with Crippen molar-refractivity contribution in [2.75, 3.05) is 6.54 Å². The summed E-state index contributed by atoms with van der Waals surface area (Å²) in [5, 5.41) is 2.66. The minimum Gasteiger partial charge on any atom is -0.421 e. The van der Waals surface area contributed by atoms with Crippen LogP contribution < -0.4 is 5.32 Å². The lowest BCUT2D eigenvalue weighted by molar-refractivity contribution is -0.117. The van der Waals surface area contributed by atoms with Gasteiger partial charge in [-0.15, -0.1) is 0 Å². The zero-order valence-electron chi connectivity index (χ0n) is 7.31. The minimum absolute atomic E-state index is 0.156. The lowest BCUT2D eigenvalue weighted by atomic mass is 10.1. The molecule has 3 nitrogen and oxygen atoms in total. The van der Waals surface area contributed by atoms with Crippen LogP contribution in [-0.2, 0) is 9.22 Å². The maximum Gasteiger partial charge on any atom is 0.243 e. The van der Waals surface area contributed by atoms with E-state index in [1.165, 1.54) is 6.08 Å². The van der Waals surface area contributed by atoms with Crippen LogP contribution in [-0.4, -0.2) is 28.5 Å². The van der Waals surface area contributed by atoms with E-state index in [0.717, 1.165) is 0 Å². The Hall–Kier alpha value is -0.613. The molecule has 0 unspecified atom stereocenters. The second kappa shape index (κ2) is 4.30. The highest BCUT2D eigenvalue weighted by Crippen LogP contribution is 2.03. The van der Waals surface area contributed by atoms with Crippen molar-refractivity contribution < 1.29 is 9.22 Å². The summed E-state index contributed by atoms with van der Waals surface area (Å²) in [6, 6.07) is 0. The van der Waals surface area contributed by atoms with Gasteiger partial charge < -0.3 is 9.74 Å². The molecular formula is C7H15NO2Si. The normalized spacial score (nSPS) is 11.1. The summed E-state index contributed by atoms with van der Waals surface area (Å²) in [5.41, 5.74) is -0.245. The Bertz CT molecular complexity index is 157. The van der Waals surface area contributed by atoms with Gasteiger partial charge >= 0.3 is 0 Å².